The number of fused-ring (bicyclic) bond motifs is 5. The minimum Gasteiger partial charge on any atom is -0.393 e. The van der Waals surface area contributed by atoms with Gasteiger partial charge in [-0.2, -0.15) is 0 Å². The molecule has 3 saturated carbocycles. The average molecular weight is 610 g/mol. The number of Topliss-reactive ketones (excluding diaryl/α,β-unsaturated/α-hetero) is 1. The number of aliphatic hydroxyl groups excluding tert-OH is 1. The molecule has 4 aliphatic carbocycles. The van der Waals surface area contributed by atoms with Crippen molar-refractivity contribution < 1.29 is 19.8 Å². The van der Waals surface area contributed by atoms with Crippen LogP contribution in [0.4, 0.5) is 0 Å². The summed E-state index contributed by atoms with van der Waals surface area (Å²) < 4.78 is -0.282. The maximum atomic E-state index is 13.0. The fraction of sp³-hybridized carbons (Fsp3) is 0.727. The van der Waals surface area contributed by atoms with Crippen LogP contribution in [0.25, 0.3) is 0 Å². The molecule has 0 heterocycles. The van der Waals surface area contributed by atoms with Gasteiger partial charge in [0, 0.05) is 16.7 Å². The van der Waals surface area contributed by atoms with E-state index in [0.29, 0.717) is 12.8 Å². The number of carbonyl (C=O) groups is 2. The molecule has 4 nitrogen and oxygen atoms in total. The summed E-state index contributed by atoms with van der Waals surface area (Å²) in [5.41, 5.74) is -1.18. The molecule has 3 fully saturated rings. The highest BCUT2D eigenvalue weighted by Crippen LogP contribution is 2.68. The molecule has 4 rings (SSSR count). The summed E-state index contributed by atoms with van der Waals surface area (Å²) in [7, 11) is 0. The minimum atomic E-state index is -1.37. The Labute approximate surface area is 193 Å². The van der Waals surface area contributed by atoms with Gasteiger partial charge in [-0.1, -0.05) is 77.6 Å². The van der Waals surface area contributed by atoms with E-state index in [9.17, 15) is 19.8 Å². The van der Waals surface area contributed by atoms with Crippen LogP contribution in [0.1, 0.15) is 46.5 Å². The van der Waals surface area contributed by atoms with E-state index in [1.165, 1.54) is 0 Å². The summed E-state index contributed by atoms with van der Waals surface area (Å²) in [6.45, 7) is 6.35. The number of aliphatic hydroxyl groups is 2. The smallest absolute Gasteiger partial charge is 0.187 e. The Balaban J connectivity index is 1.77. The van der Waals surface area contributed by atoms with Gasteiger partial charge in [0.25, 0.3) is 0 Å². The van der Waals surface area contributed by atoms with Gasteiger partial charge in [0.15, 0.2) is 11.6 Å². The van der Waals surface area contributed by atoms with Crippen molar-refractivity contribution in [1.82, 2.24) is 0 Å². The highest BCUT2D eigenvalue weighted by molar-refractivity contribution is 14.2. The summed E-state index contributed by atoms with van der Waals surface area (Å²) in [6.07, 6.45) is 7.43. The molecule has 0 aromatic heterocycles. The molecule has 0 bridgehead atoms. The zero-order valence-corrected chi connectivity index (χ0v) is 20.8. The minimum absolute atomic E-state index is 0.0184. The standard InChI is InChI=1S/C22H28I2O4/c1-11-8-13-14-5-7-22(28,18(27)19(23)24)21(14,3)10-16(26)17(13)20(2)6-4-12(25)9-15(11)20/h4,6,9,11,13-14,16-17,19,26,28H,5,7-8,10H2,1-3H3/t11?,13-,14-,16?,17+,20-,21-,22-/m0/s1. The van der Waals surface area contributed by atoms with Crippen LogP contribution in [0.15, 0.2) is 23.8 Å². The van der Waals surface area contributed by atoms with Crippen LogP contribution in [0, 0.1) is 34.5 Å². The van der Waals surface area contributed by atoms with Crippen molar-refractivity contribution in [2.75, 3.05) is 0 Å². The third-order valence-corrected chi connectivity index (χ3v) is 9.71. The summed E-state index contributed by atoms with van der Waals surface area (Å²) >= 11 is 4.16. The van der Waals surface area contributed by atoms with Crippen molar-refractivity contribution in [2.24, 2.45) is 34.5 Å². The number of ketones is 2. The Morgan fingerprint density at radius 3 is 2.64 bits per heavy atom. The number of rotatable bonds is 2. The second kappa shape index (κ2) is 6.85. The summed E-state index contributed by atoms with van der Waals surface area (Å²) in [6, 6.07) is 0. The van der Waals surface area contributed by atoms with Gasteiger partial charge in [-0.05, 0) is 55.6 Å². The van der Waals surface area contributed by atoms with E-state index in [1.807, 2.05) is 13.0 Å². The van der Waals surface area contributed by atoms with Crippen LogP contribution in [0.5, 0.6) is 0 Å². The normalized spacial score (nSPS) is 50.1. The van der Waals surface area contributed by atoms with E-state index in [0.717, 1.165) is 18.4 Å². The molecule has 0 spiro atoms. The highest BCUT2D eigenvalue weighted by atomic mass is 127. The molecule has 0 aromatic carbocycles. The molecule has 28 heavy (non-hydrogen) atoms. The lowest BCUT2D eigenvalue weighted by Crippen LogP contribution is -2.62. The van der Waals surface area contributed by atoms with Gasteiger partial charge in [-0.15, -0.1) is 0 Å². The van der Waals surface area contributed by atoms with Crippen LogP contribution >= 0.6 is 45.2 Å². The van der Waals surface area contributed by atoms with E-state index < -0.39 is 17.1 Å². The molecule has 8 atom stereocenters. The molecule has 6 heteroatoms. The lowest BCUT2D eigenvalue weighted by molar-refractivity contribution is -0.176. The predicted molar refractivity (Wildman–Crippen MR) is 124 cm³/mol. The first kappa shape index (κ1) is 21.4. The summed E-state index contributed by atoms with van der Waals surface area (Å²) in [5.74, 6) is 0.624. The summed E-state index contributed by atoms with van der Waals surface area (Å²) in [5, 5.41) is 22.9. The van der Waals surface area contributed by atoms with Crippen molar-refractivity contribution in [2.45, 2.75) is 60.1 Å². The van der Waals surface area contributed by atoms with E-state index in [1.54, 1.807) is 12.2 Å². The molecule has 0 saturated heterocycles. The number of carbonyl (C=O) groups excluding carboxylic acids is 2. The number of halogens is 2. The second-order valence-corrected chi connectivity index (χ2v) is 14.7. The number of hydrogen-bond acceptors (Lipinski definition) is 4. The molecule has 2 unspecified atom stereocenters. The first-order chi connectivity index (χ1) is 13.0. The Bertz CT molecular complexity index is 789. The Hall–Kier alpha value is 0.200. The van der Waals surface area contributed by atoms with Gasteiger partial charge in [-0.25, -0.2) is 0 Å². The largest absolute Gasteiger partial charge is 0.393 e. The zero-order chi connectivity index (χ0) is 20.6. The topological polar surface area (TPSA) is 74.6 Å². The number of alkyl halides is 2. The van der Waals surface area contributed by atoms with E-state index in [2.05, 4.69) is 59.0 Å². The number of hydrogen-bond donors (Lipinski definition) is 2. The predicted octanol–water partition coefficient (Wildman–Crippen LogP) is 4.01. The van der Waals surface area contributed by atoms with Crippen molar-refractivity contribution in [3.63, 3.8) is 0 Å². The van der Waals surface area contributed by atoms with Gasteiger partial charge >= 0.3 is 0 Å². The molecule has 2 N–H and O–H groups in total. The molecule has 0 radical (unpaired) electrons. The Morgan fingerprint density at radius 2 is 2.00 bits per heavy atom. The molecule has 0 aromatic rings. The monoisotopic (exact) mass is 610 g/mol. The first-order valence-corrected chi connectivity index (χ1v) is 12.6. The fourth-order valence-electron chi connectivity index (χ4n) is 7.34. The summed E-state index contributed by atoms with van der Waals surface area (Å²) in [4.78, 5) is 25.0. The van der Waals surface area contributed by atoms with Gasteiger partial charge < -0.3 is 10.2 Å². The lowest BCUT2D eigenvalue weighted by atomic mass is 9.45. The van der Waals surface area contributed by atoms with Crippen molar-refractivity contribution in [3.8, 4) is 0 Å². The fourth-order valence-corrected chi connectivity index (χ4v) is 8.37. The SMILES string of the molecule is CC1C[C@@H]2[C@H](C(O)C[C@@]3(C)[C@H]2CC[C@]3(O)C(=O)C(I)I)[C@@]2(C)C=CC(=O)C=C12. The first-order valence-electron chi connectivity index (χ1n) is 10.1. The van der Waals surface area contributed by atoms with E-state index in [-0.39, 0.29) is 42.6 Å². The van der Waals surface area contributed by atoms with Gasteiger partial charge in [0.05, 0.1) is 6.10 Å². The molecule has 0 aliphatic heterocycles. The maximum Gasteiger partial charge on any atom is 0.187 e. The van der Waals surface area contributed by atoms with Crippen molar-refractivity contribution in [3.05, 3.63) is 23.8 Å². The molecule has 0 amide bonds. The Kier molecular flexibility index (Phi) is 5.25. The quantitative estimate of drug-likeness (QED) is 0.367. The Morgan fingerprint density at radius 1 is 1.32 bits per heavy atom. The second-order valence-electron chi connectivity index (χ2n) is 9.80. The van der Waals surface area contributed by atoms with Crippen LogP contribution in [0.3, 0.4) is 0 Å². The molecule has 154 valence electrons. The molecule has 4 aliphatic rings. The average Bonchev–Trinajstić information content (AvgIpc) is 2.87. The van der Waals surface area contributed by atoms with Crippen molar-refractivity contribution >= 4 is 56.7 Å². The number of allylic oxidation sites excluding steroid dienone is 4. The van der Waals surface area contributed by atoms with E-state index >= 15 is 0 Å². The van der Waals surface area contributed by atoms with Crippen molar-refractivity contribution in [1.29, 1.82) is 0 Å². The third kappa shape index (κ3) is 2.72. The van der Waals surface area contributed by atoms with Crippen LogP contribution in [0.2, 0.25) is 0 Å². The van der Waals surface area contributed by atoms with Gasteiger partial charge in [0.1, 0.15) is 7.53 Å². The lowest BCUT2D eigenvalue weighted by Gasteiger charge is -2.60. The van der Waals surface area contributed by atoms with E-state index in [4.69, 9.17) is 0 Å². The van der Waals surface area contributed by atoms with Crippen LogP contribution < -0.4 is 0 Å². The highest BCUT2D eigenvalue weighted by Gasteiger charge is 2.68. The zero-order valence-electron chi connectivity index (χ0n) is 16.5. The molecular formula is C22H28I2O4. The maximum absolute atomic E-state index is 13.0. The van der Waals surface area contributed by atoms with Crippen LogP contribution in [-0.2, 0) is 9.59 Å². The molecular weight excluding hydrogens is 582 g/mol. The van der Waals surface area contributed by atoms with Crippen LogP contribution in [-0.4, -0.2) is 35.4 Å². The van der Waals surface area contributed by atoms with Gasteiger partial charge in [0.2, 0.25) is 0 Å². The van der Waals surface area contributed by atoms with Gasteiger partial charge in [-0.3, -0.25) is 9.59 Å². The third-order valence-electron chi connectivity index (χ3n) is 8.57.